The van der Waals surface area contributed by atoms with E-state index in [4.69, 9.17) is 9.66 Å². The van der Waals surface area contributed by atoms with E-state index in [2.05, 4.69) is 17.7 Å². The van der Waals surface area contributed by atoms with Crippen LogP contribution in [0.5, 0.6) is 0 Å². The highest BCUT2D eigenvalue weighted by molar-refractivity contribution is 7.87. The fourth-order valence-corrected chi connectivity index (χ4v) is 4.05. The molecule has 11 heteroatoms. The molecule has 0 aliphatic carbocycles. The summed E-state index contributed by atoms with van der Waals surface area (Å²) in [6.45, 7) is 3.32. The maximum absolute atomic E-state index is 11.8. The SMILES string of the molecule is CCCCCC[C@@H](O)C/C=C\CCCCCCCC(=O)OC(=O)CC(C(=O)NC(C)O)S(=O)(=O)O. The van der Waals surface area contributed by atoms with Gasteiger partial charge in [-0.05, 0) is 39.0 Å². The van der Waals surface area contributed by atoms with Gasteiger partial charge in [-0.2, -0.15) is 8.42 Å². The number of carbonyl (C=O) groups is 3. The molecule has 0 bridgehead atoms. The van der Waals surface area contributed by atoms with Crippen LogP contribution in [0.15, 0.2) is 12.2 Å². The van der Waals surface area contributed by atoms with Gasteiger partial charge >= 0.3 is 11.9 Å². The van der Waals surface area contributed by atoms with E-state index in [9.17, 15) is 27.9 Å². The van der Waals surface area contributed by atoms with E-state index in [1.54, 1.807) is 0 Å². The Morgan fingerprint density at radius 1 is 0.914 bits per heavy atom. The van der Waals surface area contributed by atoms with Gasteiger partial charge in [-0.3, -0.25) is 18.9 Å². The van der Waals surface area contributed by atoms with Crippen LogP contribution in [0.1, 0.15) is 104 Å². The summed E-state index contributed by atoms with van der Waals surface area (Å²) in [5.74, 6) is -3.37. The van der Waals surface area contributed by atoms with Gasteiger partial charge in [0, 0.05) is 6.42 Å². The van der Waals surface area contributed by atoms with Crippen molar-refractivity contribution in [2.75, 3.05) is 0 Å². The highest BCUT2D eigenvalue weighted by Crippen LogP contribution is 2.12. The van der Waals surface area contributed by atoms with Crippen LogP contribution in [-0.2, 0) is 29.2 Å². The summed E-state index contributed by atoms with van der Waals surface area (Å²) >= 11 is 0. The molecule has 0 heterocycles. The number of hydrogen-bond donors (Lipinski definition) is 4. The van der Waals surface area contributed by atoms with Crippen LogP contribution in [0.25, 0.3) is 0 Å². The van der Waals surface area contributed by atoms with Gasteiger partial charge in [0.2, 0.25) is 5.91 Å². The molecule has 0 aliphatic rings. The number of nitrogens with one attached hydrogen (secondary N) is 1. The summed E-state index contributed by atoms with van der Waals surface area (Å²) in [6, 6.07) is 0. The summed E-state index contributed by atoms with van der Waals surface area (Å²) < 4.78 is 36.3. The van der Waals surface area contributed by atoms with Crippen LogP contribution in [-0.4, -0.2) is 58.6 Å². The van der Waals surface area contributed by atoms with Gasteiger partial charge in [-0.25, -0.2) is 0 Å². The zero-order chi connectivity index (χ0) is 26.7. The molecule has 0 aliphatic heterocycles. The standard InChI is InChI=1S/C24H43NO9S/c1-3-4-5-12-15-20(27)16-13-10-8-6-7-9-11-14-17-22(28)34-23(29)18-21(35(31,32)33)24(30)25-19(2)26/h10,13,19-21,26-27H,3-9,11-12,14-18H2,1-2H3,(H,25,30)(H,31,32,33)/b13-10-/t19?,20-,21?/m1/s1. The molecule has 10 nitrogen and oxygen atoms in total. The Morgan fingerprint density at radius 3 is 2.17 bits per heavy atom. The number of esters is 2. The third kappa shape index (κ3) is 19.1. The van der Waals surface area contributed by atoms with Crippen LogP contribution in [0.3, 0.4) is 0 Å². The zero-order valence-electron chi connectivity index (χ0n) is 21.0. The molecule has 0 aromatic carbocycles. The lowest BCUT2D eigenvalue weighted by Crippen LogP contribution is -2.44. The third-order valence-corrected chi connectivity index (χ3v) is 6.40. The summed E-state index contributed by atoms with van der Waals surface area (Å²) in [5, 5.41) is 18.7. The predicted molar refractivity (Wildman–Crippen MR) is 132 cm³/mol. The first-order valence-corrected chi connectivity index (χ1v) is 14.0. The molecule has 0 radical (unpaired) electrons. The van der Waals surface area contributed by atoms with E-state index in [0.717, 1.165) is 51.9 Å². The normalized spacial score (nSPS) is 14.4. The average molecular weight is 522 g/mol. The van der Waals surface area contributed by atoms with Crippen LogP contribution < -0.4 is 5.32 Å². The maximum atomic E-state index is 11.8. The summed E-state index contributed by atoms with van der Waals surface area (Å²) in [5.41, 5.74) is 0. The van der Waals surface area contributed by atoms with Crippen molar-refractivity contribution in [2.24, 2.45) is 0 Å². The molecular formula is C24H43NO9S. The molecule has 35 heavy (non-hydrogen) atoms. The Morgan fingerprint density at radius 2 is 1.54 bits per heavy atom. The molecule has 0 rings (SSSR count). The van der Waals surface area contributed by atoms with E-state index in [1.807, 2.05) is 11.4 Å². The van der Waals surface area contributed by atoms with Crippen LogP contribution in [0.2, 0.25) is 0 Å². The number of amides is 1. The van der Waals surface area contributed by atoms with Crippen molar-refractivity contribution < 1.29 is 42.3 Å². The summed E-state index contributed by atoms with van der Waals surface area (Å²) in [4.78, 5) is 35.3. The van der Waals surface area contributed by atoms with Crippen LogP contribution in [0.4, 0.5) is 0 Å². The Hall–Kier alpha value is -1.82. The topological polar surface area (TPSA) is 167 Å². The molecule has 2 unspecified atom stereocenters. The van der Waals surface area contributed by atoms with Crippen molar-refractivity contribution in [1.29, 1.82) is 0 Å². The van der Waals surface area contributed by atoms with E-state index in [1.165, 1.54) is 19.3 Å². The van der Waals surface area contributed by atoms with Crippen molar-refractivity contribution in [1.82, 2.24) is 5.32 Å². The number of hydrogen-bond acceptors (Lipinski definition) is 8. The fourth-order valence-electron chi connectivity index (χ4n) is 3.36. The van der Waals surface area contributed by atoms with Gasteiger partial charge in [0.05, 0.1) is 12.5 Å². The number of rotatable bonds is 20. The van der Waals surface area contributed by atoms with Gasteiger partial charge in [0.25, 0.3) is 10.1 Å². The molecule has 204 valence electrons. The largest absolute Gasteiger partial charge is 0.393 e. The fraction of sp³-hybridized carbons (Fsp3) is 0.792. The second-order valence-corrected chi connectivity index (χ2v) is 10.4. The Balaban J connectivity index is 3.96. The highest BCUT2D eigenvalue weighted by Gasteiger charge is 2.35. The molecule has 0 aromatic rings. The molecular weight excluding hydrogens is 478 g/mol. The van der Waals surface area contributed by atoms with Gasteiger partial charge in [0.15, 0.2) is 5.25 Å². The lowest BCUT2D eigenvalue weighted by atomic mass is 10.1. The van der Waals surface area contributed by atoms with E-state index in [-0.39, 0.29) is 12.5 Å². The minimum atomic E-state index is -4.94. The first-order valence-electron chi connectivity index (χ1n) is 12.5. The van der Waals surface area contributed by atoms with Crippen molar-refractivity contribution in [3.63, 3.8) is 0 Å². The molecule has 3 atom stereocenters. The van der Waals surface area contributed by atoms with E-state index >= 15 is 0 Å². The minimum absolute atomic E-state index is 0.0296. The molecule has 4 N–H and O–H groups in total. The first kappa shape index (κ1) is 33.2. The van der Waals surface area contributed by atoms with Crippen LogP contribution >= 0.6 is 0 Å². The van der Waals surface area contributed by atoms with Gasteiger partial charge in [-0.15, -0.1) is 0 Å². The second-order valence-electron chi connectivity index (χ2n) is 8.76. The van der Waals surface area contributed by atoms with Gasteiger partial charge < -0.3 is 20.3 Å². The number of unbranched alkanes of at least 4 members (excludes halogenated alkanes) is 8. The van der Waals surface area contributed by atoms with Gasteiger partial charge in [-0.1, -0.05) is 64.0 Å². The quantitative estimate of drug-likeness (QED) is 0.0470. The first-order chi connectivity index (χ1) is 16.5. The van der Waals surface area contributed by atoms with Crippen molar-refractivity contribution in [3.8, 4) is 0 Å². The number of ether oxygens (including phenoxy) is 1. The zero-order valence-corrected chi connectivity index (χ0v) is 21.8. The lowest BCUT2D eigenvalue weighted by molar-refractivity contribution is -0.160. The smallest absolute Gasteiger partial charge is 0.315 e. The number of aliphatic hydroxyl groups is 2. The van der Waals surface area contributed by atoms with E-state index < -0.39 is 45.9 Å². The molecule has 0 saturated heterocycles. The summed E-state index contributed by atoms with van der Waals surface area (Å²) in [7, 11) is -4.94. The molecule has 0 fully saturated rings. The Bertz CT molecular complexity index is 750. The van der Waals surface area contributed by atoms with Gasteiger partial charge in [0.1, 0.15) is 6.23 Å². The monoisotopic (exact) mass is 521 g/mol. The maximum Gasteiger partial charge on any atom is 0.315 e. The average Bonchev–Trinajstić information content (AvgIpc) is 2.75. The number of carbonyl (C=O) groups excluding carboxylic acids is 3. The number of allylic oxidation sites excluding steroid dienone is 1. The van der Waals surface area contributed by atoms with Crippen molar-refractivity contribution in [3.05, 3.63) is 12.2 Å². The number of aliphatic hydroxyl groups excluding tert-OH is 2. The highest BCUT2D eigenvalue weighted by atomic mass is 32.2. The second kappa shape index (κ2) is 19.4. The molecule has 0 aromatic heterocycles. The minimum Gasteiger partial charge on any atom is -0.393 e. The Kier molecular flexibility index (Phi) is 18.4. The van der Waals surface area contributed by atoms with Crippen molar-refractivity contribution in [2.45, 2.75) is 121 Å². The predicted octanol–water partition coefficient (Wildman–Crippen LogP) is 3.17. The molecule has 0 spiro atoms. The van der Waals surface area contributed by atoms with Crippen molar-refractivity contribution >= 4 is 28.0 Å². The van der Waals surface area contributed by atoms with E-state index in [0.29, 0.717) is 12.8 Å². The molecule has 0 saturated carbocycles. The Labute approximate surface area is 209 Å². The third-order valence-electron chi connectivity index (χ3n) is 5.30. The van der Waals surface area contributed by atoms with Crippen LogP contribution in [0, 0.1) is 0 Å². The lowest BCUT2D eigenvalue weighted by Gasteiger charge is -2.14. The molecule has 1 amide bonds. The summed E-state index contributed by atoms with van der Waals surface area (Å²) in [6.07, 6.45) is 12.6.